The highest BCUT2D eigenvalue weighted by Crippen LogP contribution is 1.86. The van der Waals surface area contributed by atoms with Crippen LogP contribution < -0.4 is 0 Å². The molecular weight excluding hydrogens is 134 g/mol. The minimum Gasteiger partial charge on any atom is -0.382 e. The number of allylic oxidation sites excluding steroid dienone is 1. The molecule has 0 aromatic rings. The second-order valence-corrected chi connectivity index (χ2v) is 2.63. The summed E-state index contributed by atoms with van der Waals surface area (Å²) in [5.41, 5.74) is 1.09. The summed E-state index contributed by atoms with van der Waals surface area (Å²) in [4.78, 5) is 1.97. The largest absolute Gasteiger partial charge is 0.382 e. The van der Waals surface area contributed by atoms with Crippen LogP contribution in [0.2, 0.25) is 0 Å². The van der Waals surface area contributed by atoms with Crippen LogP contribution in [0.4, 0.5) is 0 Å². The number of rotatable bonds is 2. The van der Waals surface area contributed by atoms with Gasteiger partial charge in [0, 0.05) is 19.8 Å². The first-order chi connectivity index (χ1) is 4.56. The third kappa shape index (κ3) is 26.3. The summed E-state index contributed by atoms with van der Waals surface area (Å²) in [6.45, 7) is 10.0. The van der Waals surface area contributed by atoms with E-state index in [4.69, 9.17) is 0 Å². The van der Waals surface area contributed by atoms with Crippen LogP contribution in [0.15, 0.2) is 12.3 Å². The number of unbranched alkanes of at least 4 members (excludes halogenated alkanes) is 1. The van der Waals surface area contributed by atoms with Crippen LogP contribution in [0.3, 0.4) is 0 Å². The molecule has 0 bridgehead atoms. The quantitative estimate of drug-likeness (QED) is 0.596. The smallest absolute Gasteiger partial charge is 0.00578 e. The lowest BCUT2D eigenvalue weighted by molar-refractivity contribution is 0.516. The highest BCUT2D eigenvalue weighted by atomic mass is 15.1. The van der Waals surface area contributed by atoms with Crippen molar-refractivity contribution in [3.63, 3.8) is 0 Å². The van der Waals surface area contributed by atoms with E-state index in [9.17, 15) is 0 Å². The number of nitrogens with zero attached hydrogens (tertiary/aromatic N) is 1. The molecule has 0 amide bonds. The molecular formula is C10H25N. The van der Waals surface area contributed by atoms with E-state index in [1.165, 1.54) is 12.8 Å². The van der Waals surface area contributed by atoms with Gasteiger partial charge < -0.3 is 4.90 Å². The zero-order valence-corrected chi connectivity index (χ0v) is 8.07. The maximum Gasteiger partial charge on any atom is 0.00578 e. The van der Waals surface area contributed by atoms with Crippen molar-refractivity contribution in [3.8, 4) is 0 Å². The maximum atomic E-state index is 3.68. The zero-order chi connectivity index (χ0) is 8.57. The average molecular weight is 159 g/mol. The van der Waals surface area contributed by atoms with Gasteiger partial charge in [-0.2, -0.15) is 0 Å². The van der Waals surface area contributed by atoms with Gasteiger partial charge >= 0.3 is 0 Å². The molecule has 1 nitrogen and oxygen atoms in total. The molecule has 0 radical (unpaired) electrons. The summed E-state index contributed by atoms with van der Waals surface area (Å²) in [6.07, 6.45) is 2.64. The molecule has 0 spiro atoms. The molecule has 0 unspecified atom stereocenters. The molecule has 0 atom stereocenters. The fourth-order valence-electron chi connectivity index (χ4n) is 0. The van der Waals surface area contributed by atoms with E-state index in [2.05, 4.69) is 20.4 Å². The molecule has 0 aromatic carbocycles. The van der Waals surface area contributed by atoms with Gasteiger partial charge in [-0.15, -0.1) is 0 Å². The lowest BCUT2D eigenvalue weighted by Crippen LogP contribution is -2.05. The molecule has 0 aliphatic rings. The van der Waals surface area contributed by atoms with Crippen molar-refractivity contribution >= 4 is 0 Å². The Morgan fingerprint density at radius 3 is 1.36 bits per heavy atom. The zero-order valence-electron chi connectivity index (χ0n) is 8.07. The van der Waals surface area contributed by atoms with Crippen molar-refractivity contribution < 1.29 is 0 Å². The Morgan fingerprint density at radius 2 is 1.36 bits per heavy atom. The van der Waals surface area contributed by atoms with E-state index in [0.29, 0.717) is 0 Å². The van der Waals surface area contributed by atoms with E-state index in [1.54, 1.807) is 0 Å². The fraction of sp³-hybridized carbons (Fsp3) is 0.800. The predicted molar refractivity (Wildman–Crippen MR) is 55.8 cm³/mol. The van der Waals surface area contributed by atoms with E-state index in [-0.39, 0.29) is 7.43 Å². The second-order valence-electron chi connectivity index (χ2n) is 2.63. The average Bonchev–Trinajstić information content (AvgIpc) is 1.89. The number of hydrogen-bond acceptors (Lipinski definition) is 1. The van der Waals surface area contributed by atoms with Crippen molar-refractivity contribution in [1.82, 2.24) is 4.90 Å². The van der Waals surface area contributed by atoms with Crippen molar-refractivity contribution in [1.29, 1.82) is 0 Å². The molecule has 1 heteroatoms. The molecule has 0 aromatic heterocycles. The van der Waals surface area contributed by atoms with Gasteiger partial charge in [0.05, 0.1) is 0 Å². The standard InChI is InChI=1S/C5H11N.C4H10.CH4/c1-5(2)6(3)4;1-3-4-2;/h1H2,2-4H3;3-4H2,1-2H3;1H4. The van der Waals surface area contributed by atoms with Crippen molar-refractivity contribution in [2.24, 2.45) is 0 Å². The van der Waals surface area contributed by atoms with Crippen LogP contribution in [0.1, 0.15) is 41.0 Å². The van der Waals surface area contributed by atoms with E-state index in [1.807, 2.05) is 25.9 Å². The van der Waals surface area contributed by atoms with Gasteiger partial charge in [-0.05, 0) is 6.92 Å². The van der Waals surface area contributed by atoms with Gasteiger partial charge in [0.1, 0.15) is 0 Å². The van der Waals surface area contributed by atoms with Gasteiger partial charge in [0.15, 0.2) is 0 Å². The maximum absolute atomic E-state index is 3.68. The van der Waals surface area contributed by atoms with Crippen molar-refractivity contribution in [3.05, 3.63) is 12.3 Å². The van der Waals surface area contributed by atoms with Crippen LogP contribution in [0.25, 0.3) is 0 Å². The van der Waals surface area contributed by atoms with Crippen LogP contribution in [-0.4, -0.2) is 19.0 Å². The normalized spacial score (nSPS) is 7.00. The molecule has 0 saturated heterocycles. The third-order valence-electron chi connectivity index (χ3n) is 1.26. The highest BCUT2D eigenvalue weighted by molar-refractivity contribution is 4.82. The third-order valence-corrected chi connectivity index (χ3v) is 1.26. The van der Waals surface area contributed by atoms with E-state index < -0.39 is 0 Å². The molecule has 70 valence electrons. The molecule has 0 aliphatic carbocycles. The van der Waals surface area contributed by atoms with E-state index >= 15 is 0 Å². The van der Waals surface area contributed by atoms with Gasteiger partial charge in [-0.25, -0.2) is 0 Å². The highest BCUT2D eigenvalue weighted by Gasteiger charge is 1.79. The molecule has 0 fully saturated rings. The van der Waals surface area contributed by atoms with Gasteiger partial charge in [-0.3, -0.25) is 0 Å². The minimum absolute atomic E-state index is 0. The summed E-state index contributed by atoms with van der Waals surface area (Å²) < 4.78 is 0. The second kappa shape index (κ2) is 12.2. The summed E-state index contributed by atoms with van der Waals surface area (Å²) in [5.74, 6) is 0. The molecule has 0 N–H and O–H groups in total. The Balaban J connectivity index is -0.000000114. The fourth-order valence-corrected chi connectivity index (χ4v) is 0. The first-order valence-electron chi connectivity index (χ1n) is 3.89. The Labute approximate surface area is 73.1 Å². The van der Waals surface area contributed by atoms with Crippen LogP contribution in [0, 0.1) is 0 Å². The van der Waals surface area contributed by atoms with Crippen molar-refractivity contribution in [2.75, 3.05) is 14.1 Å². The Bertz CT molecular complexity index is 72.9. The Kier molecular flexibility index (Phi) is 18.8. The summed E-state index contributed by atoms with van der Waals surface area (Å²) in [6, 6.07) is 0. The predicted octanol–water partition coefficient (Wildman–Crippen LogP) is 3.52. The van der Waals surface area contributed by atoms with Crippen LogP contribution in [-0.2, 0) is 0 Å². The number of hydrogen-bond donors (Lipinski definition) is 0. The molecule has 0 rings (SSSR count). The van der Waals surface area contributed by atoms with Crippen LogP contribution >= 0.6 is 0 Å². The van der Waals surface area contributed by atoms with E-state index in [0.717, 1.165) is 5.70 Å². The molecule has 0 aliphatic heterocycles. The molecule has 11 heavy (non-hydrogen) atoms. The van der Waals surface area contributed by atoms with Gasteiger partial charge in [0.25, 0.3) is 0 Å². The summed E-state index contributed by atoms with van der Waals surface area (Å²) >= 11 is 0. The lowest BCUT2D eigenvalue weighted by atomic mass is 10.4. The lowest BCUT2D eigenvalue weighted by Gasteiger charge is -2.08. The Hall–Kier alpha value is -0.460. The van der Waals surface area contributed by atoms with Crippen LogP contribution in [0.5, 0.6) is 0 Å². The first kappa shape index (κ1) is 16.9. The molecule has 0 heterocycles. The summed E-state index contributed by atoms with van der Waals surface area (Å²) in [7, 11) is 3.95. The summed E-state index contributed by atoms with van der Waals surface area (Å²) in [5, 5.41) is 0. The SMILES string of the molecule is C.C=C(C)N(C)C.CCCC. The topological polar surface area (TPSA) is 3.24 Å². The monoisotopic (exact) mass is 159 g/mol. The van der Waals surface area contributed by atoms with Gasteiger partial charge in [0.2, 0.25) is 0 Å². The first-order valence-corrected chi connectivity index (χ1v) is 3.89. The van der Waals surface area contributed by atoms with Gasteiger partial charge in [-0.1, -0.05) is 40.7 Å². The Morgan fingerprint density at radius 1 is 1.18 bits per heavy atom. The van der Waals surface area contributed by atoms with Crippen molar-refractivity contribution in [2.45, 2.75) is 41.0 Å². The minimum atomic E-state index is 0. The molecule has 0 saturated carbocycles.